The molecular formula is C8H6F3NO3. The van der Waals surface area contributed by atoms with Gasteiger partial charge in [0, 0.05) is 6.07 Å². The minimum atomic E-state index is -4.77. The highest BCUT2D eigenvalue weighted by molar-refractivity contribution is 5.44. The third kappa shape index (κ3) is 2.44. The summed E-state index contributed by atoms with van der Waals surface area (Å²) in [6, 6.07) is 2.29. The van der Waals surface area contributed by atoms with Gasteiger partial charge in [-0.25, -0.2) is 0 Å². The first-order valence-electron chi connectivity index (χ1n) is 3.81. The summed E-state index contributed by atoms with van der Waals surface area (Å²) in [6.07, 6.45) is -4.77. The Hall–Kier alpha value is -1.63. The molecular weight excluding hydrogens is 215 g/mol. The SMILES string of the molecule is O=[N+]([O-])c1cc(CO)ccc1C(F)(F)F. The molecule has 0 bridgehead atoms. The number of aliphatic hydroxyl groups excluding tert-OH is 1. The molecule has 15 heavy (non-hydrogen) atoms. The van der Waals surface area contributed by atoms with E-state index in [1.54, 1.807) is 0 Å². The molecule has 4 nitrogen and oxygen atoms in total. The van der Waals surface area contributed by atoms with Gasteiger partial charge in [-0.2, -0.15) is 13.2 Å². The molecule has 0 heterocycles. The zero-order chi connectivity index (χ0) is 11.6. The van der Waals surface area contributed by atoms with E-state index in [9.17, 15) is 23.3 Å². The van der Waals surface area contributed by atoms with Crippen LogP contribution in [0.25, 0.3) is 0 Å². The summed E-state index contributed by atoms with van der Waals surface area (Å²) in [6.45, 7) is -0.543. The molecule has 0 atom stereocenters. The lowest BCUT2D eigenvalue weighted by atomic mass is 10.1. The first-order chi connectivity index (χ1) is 6.86. The van der Waals surface area contributed by atoms with Crippen molar-refractivity contribution < 1.29 is 23.2 Å². The topological polar surface area (TPSA) is 63.4 Å². The molecule has 1 aromatic carbocycles. The van der Waals surface area contributed by atoms with E-state index in [2.05, 4.69) is 0 Å². The van der Waals surface area contributed by atoms with Gasteiger partial charge < -0.3 is 5.11 Å². The summed E-state index contributed by atoms with van der Waals surface area (Å²) >= 11 is 0. The Morgan fingerprint density at radius 1 is 1.40 bits per heavy atom. The highest BCUT2D eigenvalue weighted by atomic mass is 19.4. The number of nitro benzene ring substituents is 1. The summed E-state index contributed by atoms with van der Waals surface area (Å²) in [5.74, 6) is 0. The third-order valence-corrected chi connectivity index (χ3v) is 1.75. The van der Waals surface area contributed by atoms with Crippen molar-refractivity contribution in [3.63, 3.8) is 0 Å². The van der Waals surface area contributed by atoms with Crippen LogP contribution >= 0.6 is 0 Å². The van der Waals surface area contributed by atoms with Crippen molar-refractivity contribution in [2.24, 2.45) is 0 Å². The second kappa shape index (κ2) is 3.85. The number of alkyl halides is 3. The zero-order valence-electron chi connectivity index (χ0n) is 7.28. The number of aliphatic hydroxyl groups is 1. The van der Waals surface area contributed by atoms with Gasteiger partial charge in [0.1, 0.15) is 5.56 Å². The quantitative estimate of drug-likeness (QED) is 0.614. The van der Waals surface area contributed by atoms with E-state index in [1.807, 2.05) is 0 Å². The van der Waals surface area contributed by atoms with Gasteiger partial charge in [-0.3, -0.25) is 10.1 Å². The number of hydrogen-bond donors (Lipinski definition) is 1. The Kier molecular flexibility index (Phi) is 2.94. The second-order valence-electron chi connectivity index (χ2n) is 2.76. The van der Waals surface area contributed by atoms with Crippen LogP contribution in [0.2, 0.25) is 0 Å². The minimum Gasteiger partial charge on any atom is -0.392 e. The fourth-order valence-corrected chi connectivity index (χ4v) is 1.07. The van der Waals surface area contributed by atoms with Crippen molar-refractivity contribution in [1.29, 1.82) is 0 Å². The highest BCUT2D eigenvalue weighted by Gasteiger charge is 2.38. The van der Waals surface area contributed by atoms with Crippen molar-refractivity contribution in [2.75, 3.05) is 0 Å². The molecule has 0 spiro atoms. The normalized spacial score (nSPS) is 11.5. The standard InChI is InChI=1S/C8H6F3NO3/c9-8(10,11)6-2-1-5(4-13)3-7(6)12(14)15/h1-3,13H,4H2. The Morgan fingerprint density at radius 2 is 2.00 bits per heavy atom. The summed E-state index contributed by atoms with van der Waals surface area (Å²) in [7, 11) is 0. The Balaban J connectivity index is 3.34. The predicted molar refractivity (Wildman–Crippen MR) is 44.0 cm³/mol. The Bertz CT molecular complexity index is 389. The van der Waals surface area contributed by atoms with Crippen LogP contribution in [0.5, 0.6) is 0 Å². The molecule has 1 N–H and O–H groups in total. The predicted octanol–water partition coefficient (Wildman–Crippen LogP) is 2.11. The lowest BCUT2D eigenvalue weighted by Crippen LogP contribution is -2.09. The lowest BCUT2D eigenvalue weighted by Gasteiger charge is -2.07. The fourth-order valence-electron chi connectivity index (χ4n) is 1.07. The van der Waals surface area contributed by atoms with Gasteiger partial charge in [0.15, 0.2) is 0 Å². The van der Waals surface area contributed by atoms with Crippen LogP contribution in [0.1, 0.15) is 11.1 Å². The smallest absolute Gasteiger partial charge is 0.392 e. The van der Waals surface area contributed by atoms with Crippen LogP contribution in [0.3, 0.4) is 0 Å². The van der Waals surface area contributed by atoms with E-state index in [1.165, 1.54) is 0 Å². The van der Waals surface area contributed by atoms with Gasteiger partial charge >= 0.3 is 6.18 Å². The molecule has 1 rings (SSSR count). The maximum Gasteiger partial charge on any atom is 0.422 e. The zero-order valence-corrected chi connectivity index (χ0v) is 7.28. The molecule has 0 amide bonds. The van der Waals surface area contributed by atoms with Gasteiger partial charge in [0.05, 0.1) is 11.5 Å². The molecule has 82 valence electrons. The van der Waals surface area contributed by atoms with Crippen molar-refractivity contribution >= 4 is 5.69 Å². The van der Waals surface area contributed by atoms with Crippen LogP contribution in [-0.4, -0.2) is 10.0 Å². The molecule has 1 aromatic rings. The van der Waals surface area contributed by atoms with Crippen LogP contribution in [0, 0.1) is 10.1 Å². The first kappa shape index (κ1) is 11.4. The minimum absolute atomic E-state index is 0.0645. The van der Waals surface area contributed by atoms with Gasteiger partial charge in [-0.15, -0.1) is 0 Å². The van der Waals surface area contributed by atoms with Gasteiger partial charge in [-0.1, -0.05) is 6.07 Å². The van der Waals surface area contributed by atoms with Crippen LogP contribution < -0.4 is 0 Å². The summed E-state index contributed by atoms with van der Waals surface area (Å²) in [5, 5.41) is 19.0. The highest BCUT2D eigenvalue weighted by Crippen LogP contribution is 2.36. The molecule has 0 aliphatic heterocycles. The van der Waals surface area contributed by atoms with E-state index >= 15 is 0 Å². The average Bonchev–Trinajstić information content (AvgIpc) is 2.15. The van der Waals surface area contributed by atoms with E-state index in [4.69, 9.17) is 5.11 Å². The molecule has 0 aliphatic rings. The number of nitrogens with zero attached hydrogens (tertiary/aromatic N) is 1. The lowest BCUT2D eigenvalue weighted by molar-refractivity contribution is -0.388. The fraction of sp³-hybridized carbons (Fsp3) is 0.250. The Labute approximate surface area is 82.1 Å². The summed E-state index contributed by atoms with van der Waals surface area (Å²) in [4.78, 5) is 9.24. The van der Waals surface area contributed by atoms with Gasteiger partial charge in [0.2, 0.25) is 0 Å². The first-order valence-corrected chi connectivity index (χ1v) is 3.81. The van der Waals surface area contributed by atoms with Crippen molar-refractivity contribution in [3.05, 3.63) is 39.4 Å². The van der Waals surface area contributed by atoms with Crippen molar-refractivity contribution in [3.8, 4) is 0 Å². The number of benzene rings is 1. The summed E-state index contributed by atoms with van der Waals surface area (Å²) in [5.41, 5.74) is -2.30. The largest absolute Gasteiger partial charge is 0.422 e. The number of rotatable bonds is 2. The average molecular weight is 221 g/mol. The van der Waals surface area contributed by atoms with Crippen molar-refractivity contribution in [2.45, 2.75) is 12.8 Å². The molecule has 0 aliphatic carbocycles. The third-order valence-electron chi connectivity index (χ3n) is 1.75. The number of nitro groups is 1. The maximum atomic E-state index is 12.3. The van der Waals surface area contributed by atoms with Crippen LogP contribution in [0.4, 0.5) is 18.9 Å². The molecule has 0 fully saturated rings. The summed E-state index contributed by atoms with van der Waals surface area (Å²) < 4.78 is 36.8. The monoisotopic (exact) mass is 221 g/mol. The maximum absolute atomic E-state index is 12.3. The number of hydrogen-bond acceptors (Lipinski definition) is 3. The molecule has 0 saturated heterocycles. The molecule has 0 aromatic heterocycles. The van der Waals surface area contributed by atoms with E-state index in [0.717, 1.165) is 6.07 Å². The molecule has 7 heteroatoms. The molecule has 0 radical (unpaired) electrons. The molecule has 0 saturated carbocycles. The molecule has 0 unspecified atom stereocenters. The van der Waals surface area contributed by atoms with Gasteiger partial charge in [0.25, 0.3) is 5.69 Å². The second-order valence-corrected chi connectivity index (χ2v) is 2.76. The van der Waals surface area contributed by atoms with E-state index in [0.29, 0.717) is 12.1 Å². The number of halogens is 3. The Morgan fingerprint density at radius 3 is 2.40 bits per heavy atom. The van der Waals surface area contributed by atoms with Crippen LogP contribution in [-0.2, 0) is 12.8 Å². The van der Waals surface area contributed by atoms with E-state index in [-0.39, 0.29) is 5.56 Å². The van der Waals surface area contributed by atoms with Crippen LogP contribution in [0.15, 0.2) is 18.2 Å². The van der Waals surface area contributed by atoms with Crippen molar-refractivity contribution in [1.82, 2.24) is 0 Å². The van der Waals surface area contributed by atoms with Gasteiger partial charge in [-0.05, 0) is 11.6 Å². The van der Waals surface area contributed by atoms with E-state index < -0.39 is 29.0 Å².